The van der Waals surface area contributed by atoms with Gasteiger partial charge in [0.15, 0.2) is 0 Å². The van der Waals surface area contributed by atoms with E-state index in [1.54, 1.807) is 0 Å². The highest BCUT2D eigenvalue weighted by Crippen LogP contribution is 2.70. The van der Waals surface area contributed by atoms with Crippen LogP contribution in [0.1, 0.15) is 99.3 Å². The van der Waals surface area contributed by atoms with Crippen molar-refractivity contribution < 1.29 is 33.7 Å². The maximum atomic E-state index is 12.5. The summed E-state index contributed by atoms with van der Waals surface area (Å²) in [6.07, 6.45) is 6.63. The van der Waals surface area contributed by atoms with Crippen molar-refractivity contribution in [2.24, 2.45) is 52.3 Å². The van der Waals surface area contributed by atoms with Gasteiger partial charge in [0.05, 0.1) is 13.2 Å². The van der Waals surface area contributed by atoms with E-state index in [4.69, 9.17) is 14.2 Å². The number of hydrogen-bond acceptors (Lipinski definition) is 7. The molecule has 12 atom stereocenters. The molecule has 0 amide bonds. The lowest BCUT2D eigenvalue weighted by Crippen LogP contribution is -2.65. The van der Waals surface area contributed by atoms with Crippen molar-refractivity contribution in [2.45, 2.75) is 118 Å². The largest absolute Gasteiger partial charge is 0.469 e. The lowest BCUT2D eigenvalue weighted by molar-refractivity contribution is -0.237. The standard InChI is InChI=1S/C31H50O7/c1-8-21-24-15-20(37-18(3)32)13-14-30(24,5)25-16-26(34)31(6)22(17(2)9-12-27(35)36-7)10-11-23(31)28(25)29(21)38-19(4)33/h17,20-26,28-29,34H,8-16H2,1-7H3/t17-,20-,21-,22-,23?,24+,25?,26+,28?,29-,30+,31-/m1/s1. The highest BCUT2D eigenvalue weighted by Gasteiger charge is 2.68. The van der Waals surface area contributed by atoms with Crippen molar-refractivity contribution in [3.63, 3.8) is 0 Å². The molecular weight excluding hydrogens is 484 g/mol. The van der Waals surface area contributed by atoms with Crippen LogP contribution in [0.15, 0.2) is 0 Å². The van der Waals surface area contributed by atoms with Gasteiger partial charge in [0.1, 0.15) is 12.2 Å². The van der Waals surface area contributed by atoms with Crippen LogP contribution in [0.4, 0.5) is 0 Å². The van der Waals surface area contributed by atoms with Gasteiger partial charge in [-0.25, -0.2) is 0 Å². The number of carbonyl (C=O) groups excluding carboxylic acids is 3. The summed E-state index contributed by atoms with van der Waals surface area (Å²) in [7, 11) is 1.43. The van der Waals surface area contributed by atoms with E-state index in [0.29, 0.717) is 18.8 Å². The van der Waals surface area contributed by atoms with Gasteiger partial charge in [0.25, 0.3) is 0 Å². The second-order valence-electron chi connectivity index (χ2n) is 13.4. The van der Waals surface area contributed by atoms with Gasteiger partial charge in [0.2, 0.25) is 0 Å². The predicted octanol–water partition coefficient (Wildman–Crippen LogP) is 5.31. The fourth-order valence-corrected chi connectivity index (χ4v) is 10.2. The van der Waals surface area contributed by atoms with Crippen molar-refractivity contribution in [3.8, 4) is 0 Å². The smallest absolute Gasteiger partial charge is 0.305 e. The molecule has 0 aromatic heterocycles. The zero-order valence-electron chi connectivity index (χ0n) is 24.5. The minimum Gasteiger partial charge on any atom is -0.469 e. The zero-order chi connectivity index (χ0) is 28.0. The van der Waals surface area contributed by atoms with Gasteiger partial charge in [-0.3, -0.25) is 14.4 Å². The van der Waals surface area contributed by atoms with E-state index in [1.165, 1.54) is 21.0 Å². The Morgan fingerprint density at radius 2 is 1.66 bits per heavy atom. The lowest BCUT2D eigenvalue weighted by Gasteiger charge is -2.66. The maximum absolute atomic E-state index is 12.5. The second kappa shape index (κ2) is 11.1. The summed E-state index contributed by atoms with van der Waals surface area (Å²) >= 11 is 0. The molecule has 1 N–H and O–H groups in total. The topological polar surface area (TPSA) is 99.1 Å². The third-order valence-electron chi connectivity index (χ3n) is 11.9. The first-order chi connectivity index (χ1) is 17.9. The van der Waals surface area contributed by atoms with Crippen molar-refractivity contribution in [1.29, 1.82) is 0 Å². The number of methoxy groups -OCH3 is 1. The van der Waals surface area contributed by atoms with Gasteiger partial charge in [-0.2, -0.15) is 0 Å². The molecule has 4 saturated carbocycles. The number of esters is 3. The van der Waals surface area contributed by atoms with E-state index in [9.17, 15) is 19.5 Å². The molecule has 0 heterocycles. The Morgan fingerprint density at radius 1 is 0.974 bits per heavy atom. The number of rotatable bonds is 7. The first kappa shape index (κ1) is 29.4. The van der Waals surface area contributed by atoms with Crippen molar-refractivity contribution in [2.75, 3.05) is 7.11 Å². The van der Waals surface area contributed by atoms with Crippen LogP contribution < -0.4 is 0 Å². The number of aliphatic hydroxyl groups excluding tert-OH is 1. The van der Waals surface area contributed by atoms with Gasteiger partial charge in [-0.1, -0.05) is 27.7 Å². The molecule has 3 unspecified atom stereocenters. The average molecular weight is 535 g/mol. The van der Waals surface area contributed by atoms with E-state index in [1.807, 2.05) is 0 Å². The molecule has 4 fully saturated rings. The summed E-state index contributed by atoms with van der Waals surface area (Å²) in [4.78, 5) is 36.1. The third-order valence-corrected chi connectivity index (χ3v) is 11.9. The minimum atomic E-state index is -0.443. The Kier molecular flexibility index (Phi) is 8.57. The van der Waals surface area contributed by atoms with Crippen molar-refractivity contribution in [3.05, 3.63) is 0 Å². The molecule has 4 aliphatic carbocycles. The van der Waals surface area contributed by atoms with Gasteiger partial charge in [-0.05, 0) is 97.7 Å². The van der Waals surface area contributed by atoms with Gasteiger partial charge in [0, 0.05) is 26.2 Å². The van der Waals surface area contributed by atoms with E-state index in [-0.39, 0.29) is 76.5 Å². The number of aliphatic hydroxyl groups is 1. The first-order valence-corrected chi connectivity index (χ1v) is 15.0. The minimum absolute atomic E-state index is 0.00443. The molecule has 0 saturated heterocycles. The molecule has 216 valence electrons. The number of hydrogen-bond donors (Lipinski definition) is 1. The molecule has 0 aromatic carbocycles. The van der Waals surface area contributed by atoms with Gasteiger partial charge < -0.3 is 19.3 Å². The zero-order valence-corrected chi connectivity index (χ0v) is 24.5. The normalized spacial score (nSPS) is 44.7. The maximum Gasteiger partial charge on any atom is 0.305 e. The molecule has 0 spiro atoms. The summed E-state index contributed by atoms with van der Waals surface area (Å²) < 4.78 is 16.8. The van der Waals surface area contributed by atoms with Crippen LogP contribution in [0.2, 0.25) is 0 Å². The molecule has 7 heteroatoms. The van der Waals surface area contributed by atoms with Gasteiger partial charge >= 0.3 is 17.9 Å². The summed E-state index contributed by atoms with van der Waals surface area (Å²) in [6.45, 7) is 12.1. The fourth-order valence-electron chi connectivity index (χ4n) is 10.2. The van der Waals surface area contributed by atoms with Crippen LogP contribution >= 0.6 is 0 Å². The van der Waals surface area contributed by atoms with E-state index >= 15 is 0 Å². The van der Waals surface area contributed by atoms with Crippen LogP contribution in [-0.2, 0) is 28.6 Å². The van der Waals surface area contributed by atoms with E-state index in [2.05, 4.69) is 27.7 Å². The van der Waals surface area contributed by atoms with Crippen LogP contribution in [0.3, 0.4) is 0 Å². The second-order valence-corrected chi connectivity index (χ2v) is 13.4. The molecule has 4 rings (SSSR count). The highest BCUT2D eigenvalue weighted by molar-refractivity contribution is 5.69. The lowest BCUT2D eigenvalue weighted by atomic mass is 9.41. The van der Waals surface area contributed by atoms with Crippen LogP contribution in [0, 0.1) is 52.3 Å². The first-order valence-electron chi connectivity index (χ1n) is 15.0. The molecule has 7 nitrogen and oxygen atoms in total. The van der Waals surface area contributed by atoms with Crippen LogP contribution in [-0.4, -0.2) is 48.4 Å². The van der Waals surface area contributed by atoms with Crippen molar-refractivity contribution in [1.82, 2.24) is 0 Å². The Balaban J connectivity index is 1.69. The molecule has 38 heavy (non-hydrogen) atoms. The number of fused-ring (bicyclic) bond motifs is 5. The summed E-state index contributed by atoms with van der Waals surface area (Å²) in [5, 5.41) is 11.9. The molecule has 0 aliphatic heterocycles. The Hall–Kier alpha value is -1.63. The quantitative estimate of drug-likeness (QED) is 0.349. The van der Waals surface area contributed by atoms with Crippen LogP contribution in [0.25, 0.3) is 0 Å². The Bertz CT molecular complexity index is 903. The number of ether oxygens (including phenoxy) is 3. The van der Waals surface area contributed by atoms with E-state index in [0.717, 1.165) is 44.9 Å². The fraction of sp³-hybridized carbons (Fsp3) is 0.903. The van der Waals surface area contributed by atoms with Crippen LogP contribution in [0.5, 0.6) is 0 Å². The van der Waals surface area contributed by atoms with Gasteiger partial charge in [-0.15, -0.1) is 0 Å². The summed E-state index contributed by atoms with van der Waals surface area (Å²) in [6, 6.07) is 0. The Morgan fingerprint density at radius 3 is 2.26 bits per heavy atom. The molecular formula is C31H50O7. The highest BCUT2D eigenvalue weighted by atomic mass is 16.5. The third kappa shape index (κ3) is 4.90. The monoisotopic (exact) mass is 534 g/mol. The SMILES string of the molecule is CC[C@H]1[C@@H](OC(C)=O)C2C3CC[C@H]([C@H](C)CCC(=O)OC)[C@@]3(C)[C@@H](O)CC2[C@@]2(C)CC[C@@H](OC(C)=O)C[C@@H]12. The molecule has 0 bridgehead atoms. The molecule has 0 aromatic rings. The Labute approximate surface area is 228 Å². The summed E-state index contributed by atoms with van der Waals surface area (Å²) in [5.74, 6) is 1.09. The molecule has 0 radical (unpaired) electrons. The van der Waals surface area contributed by atoms with E-state index < -0.39 is 6.10 Å². The average Bonchev–Trinajstić information content (AvgIpc) is 3.21. The van der Waals surface area contributed by atoms with Crippen molar-refractivity contribution >= 4 is 17.9 Å². The molecule has 4 aliphatic rings. The summed E-state index contributed by atoms with van der Waals surface area (Å²) in [5.41, 5.74) is -0.291. The number of carbonyl (C=O) groups is 3. The predicted molar refractivity (Wildman–Crippen MR) is 143 cm³/mol.